The molecule has 0 aliphatic carbocycles. The van der Waals surface area contributed by atoms with Gasteiger partial charge in [-0.05, 0) is 37.6 Å². The summed E-state index contributed by atoms with van der Waals surface area (Å²) in [4.78, 5) is 11.5. The topological polar surface area (TPSA) is 47.6 Å². The first-order valence-electron chi connectivity index (χ1n) is 5.65. The van der Waals surface area contributed by atoms with E-state index < -0.39 is 0 Å². The molecule has 2 saturated heterocycles. The lowest BCUT2D eigenvalue weighted by Crippen LogP contribution is -2.50. The van der Waals surface area contributed by atoms with Crippen LogP contribution in [0.1, 0.15) is 25.7 Å². The molecule has 1 atom stereocenters. The van der Waals surface area contributed by atoms with Crippen molar-refractivity contribution in [3.8, 4) is 0 Å². The molecule has 1 spiro atoms. The number of hydrogen-bond acceptors (Lipinski definition) is 4. The molecule has 4 nitrogen and oxygen atoms in total. The average Bonchev–Trinajstić information content (AvgIpc) is 2.29. The summed E-state index contributed by atoms with van der Waals surface area (Å²) in [5.74, 6) is -0.124. The molecule has 0 radical (unpaired) electrons. The molecule has 2 rings (SSSR count). The second-order valence-electron chi connectivity index (χ2n) is 4.60. The van der Waals surface area contributed by atoms with Gasteiger partial charge in [-0.3, -0.25) is 4.79 Å². The molecule has 1 unspecified atom stereocenters. The fourth-order valence-corrected chi connectivity index (χ4v) is 2.69. The quantitative estimate of drug-likeness (QED) is 0.652. The molecule has 0 bridgehead atoms. The van der Waals surface area contributed by atoms with E-state index in [4.69, 9.17) is 9.47 Å². The number of carbonyl (C=O) groups is 1. The SMILES string of the molecule is COC(=O)C1CC2(CCN1)CCOCC2. The summed E-state index contributed by atoms with van der Waals surface area (Å²) in [5.41, 5.74) is 0.322. The lowest BCUT2D eigenvalue weighted by Gasteiger charge is -2.43. The Labute approximate surface area is 90.3 Å². The van der Waals surface area contributed by atoms with E-state index in [-0.39, 0.29) is 12.0 Å². The molecule has 0 saturated carbocycles. The minimum Gasteiger partial charge on any atom is -0.468 e. The van der Waals surface area contributed by atoms with Crippen LogP contribution in [0.5, 0.6) is 0 Å². The maximum Gasteiger partial charge on any atom is 0.322 e. The van der Waals surface area contributed by atoms with Gasteiger partial charge in [0.15, 0.2) is 0 Å². The summed E-state index contributed by atoms with van der Waals surface area (Å²) in [6.07, 6.45) is 4.23. The van der Waals surface area contributed by atoms with Crippen molar-refractivity contribution in [2.75, 3.05) is 26.9 Å². The normalized spacial score (nSPS) is 30.1. The van der Waals surface area contributed by atoms with Crippen molar-refractivity contribution in [1.29, 1.82) is 0 Å². The molecule has 0 aromatic rings. The Kier molecular flexibility index (Phi) is 3.26. The van der Waals surface area contributed by atoms with Gasteiger partial charge in [0.1, 0.15) is 6.04 Å². The lowest BCUT2D eigenvalue weighted by atomic mass is 9.71. The van der Waals surface area contributed by atoms with Crippen molar-refractivity contribution in [1.82, 2.24) is 5.32 Å². The third-order valence-electron chi connectivity index (χ3n) is 3.72. The molecule has 0 amide bonds. The predicted molar refractivity (Wildman–Crippen MR) is 55.5 cm³/mol. The number of carbonyl (C=O) groups excluding carboxylic acids is 1. The molecule has 0 aromatic heterocycles. The molecular formula is C11H19NO3. The summed E-state index contributed by atoms with van der Waals surface area (Å²) in [7, 11) is 1.45. The highest BCUT2D eigenvalue weighted by molar-refractivity contribution is 5.75. The van der Waals surface area contributed by atoms with Crippen LogP contribution in [0.4, 0.5) is 0 Å². The van der Waals surface area contributed by atoms with Crippen LogP contribution in [-0.2, 0) is 14.3 Å². The molecule has 2 fully saturated rings. The highest BCUT2D eigenvalue weighted by atomic mass is 16.5. The zero-order valence-electron chi connectivity index (χ0n) is 9.25. The van der Waals surface area contributed by atoms with Crippen molar-refractivity contribution in [2.24, 2.45) is 5.41 Å². The van der Waals surface area contributed by atoms with E-state index in [2.05, 4.69) is 5.32 Å². The third-order valence-corrected chi connectivity index (χ3v) is 3.72. The molecule has 2 aliphatic rings. The van der Waals surface area contributed by atoms with E-state index >= 15 is 0 Å². The zero-order valence-corrected chi connectivity index (χ0v) is 9.25. The van der Waals surface area contributed by atoms with E-state index in [9.17, 15) is 4.79 Å². The Balaban J connectivity index is 1.99. The number of nitrogens with one attached hydrogen (secondary N) is 1. The van der Waals surface area contributed by atoms with Gasteiger partial charge in [-0.2, -0.15) is 0 Å². The summed E-state index contributed by atoms with van der Waals surface area (Å²) < 4.78 is 10.2. The van der Waals surface area contributed by atoms with Crippen molar-refractivity contribution < 1.29 is 14.3 Å². The molecule has 86 valence electrons. The number of rotatable bonds is 1. The van der Waals surface area contributed by atoms with Crippen molar-refractivity contribution >= 4 is 5.97 Å². The van der Waals surface area contributed by atoms with Gasteiger partial charge in [0.2, 0.25) is 0 Å². The number of esters is 1. The van der Waals surface area contributed by atoms with E-state index in [0.717, 1.165) is 45.4 Å². The van der Waals surface area contributed by atoms with Gasteiger partial charge < -0.3 is 14.8 Å². The van der Waals surface area contributed by atoms with Gasteiger partial charge in [-0.15, -0.1) is 0 Å². The van der Waals surface area contributed by atoms with Gasteiger partial charge in [0, 0.05) is 13.2 Å². The van der Waals surface area contributed by atoms with Crippen LogP contribution in [0.3, 0.4) is 0 Å². The van der Waals surface area contributed by atoms with Gasteiger partial charge >= 0.3 is 5.97 Å². The fraction of sp³-hybridized carbons (Fsp3) is 0.909. The van der Waals surface area contributed by atoms with Gasteiger partial charge in [0.05, 0.1) is 7.11 Å². The fourth-order valence-electron chi connectivity index (χ4n) is 2.69. The summed E-state index contributed by atoms with van der Waals surface area (Å²) in [6, 6.07) is -0.109. The van der Waals surface area contributed by atoms with Gasteiger partial charge in [-0.1, -0.05) is 0 Å². The second-order valence-corrected chi connectivity index (χ2v) is 4.60. The van der Waals surface area contributed by atoms with Crippen LogP contribution in [0.2, 0.25) is 0 Å². The molecule has 0 aromatic carbocycles. The van der Waals surface area contributed by atoms with E-state index in [1.54, 1.807) is 0 Å². The lowest BCUT2D eigenvalue weighted by molar-refractivity contribution is -0.146. The highest BCUT2D eigenvalue weighted by Gasteiger charge is 2.40. The van der Waals surface area contributed by atoms with E-state index in [0.29, 0.717) is 5.41 Å². The number of methoxy groups -OCH3 is 1. The van der Waals surface area contributed by atoms with Crippen LogP contribution in [0, 0.1) is 5.41 Å². The number of ether oxygens (including phenoxy) is 2. The smallest absolute Gasteiger partial charge is 0.322 e. The van der Waals surface area contributed by atoms with E-state index in [1.165, 1.54) is 7.11 Å². The first kappa shape index (κ1) is 10.9. The molecule has 2 aliphatic heterocycles. The molecular weight excluding hydrogens is 194 g/mol. The Morgan fingerprint density at radius 1 is 1.40 bits per heavy atom. The number of piperidine rings is 1. The second kappa shape index (κ2) is 4.49. The van der Waals surface area contributed by atoms with Gasteiger partial charge in [0.25, 0.3) is 0 Å². The first-order chi connectivity index (χ1) is 7.26. The van der Waals surface area contributed by atoms with Crippen LogP contribution < -0.4 is 5.32 Å². The van der Waals surface area contributed by atoms with Crippen LogP contribution in [0.25, 0.3) is 0 Å². The molecule has 15 heavy (non-hydrogen) atoms. The summed E-state index contributed by atoms with van der Waals surface area (Å²) >= 11 is 0. The summed E-state index contributed by atoms with van der Waals surface area (Å²) in [6.45, 7) is 2.60. The van der Waals surface area contributed by atoms with Crippen molar-refractivity contribution in [2.45, 2.75) is 31.7 Å². The minimum absolute atomic E-state index is 0.109. The standard InChI is InChI=1S/C11H19NO3/c1-14-10(13)9-8-11(2-5-12-9)3-6-15-7-4-11/h9,12H,2-8H2,1H3. The maximum absolute atomic E-state index is 11.5. The molecule has 1 N–H and O–H groups in total. The highest BCUT2D eigenvalue weighted by Crippen LogP contribution is 2.40. The largest absolute Gasteiger partial charge is 0.468 e. The number of hydrogen-bond donors (Lipinski definition) is 1. The van der Waals surface area contributed by atoms with Crippen molar-refractivity contribution in [3.63, 3.8) is 0 Å². The van der Waals surface area contributed by atoms with Crippen molar-refractivity contribution in [3.05, 3.63) is 0 Å². The Morgan fingerprint density at radius 2 is 2.13 bits per heavy atom. The Morgan fingerprint density at radius 3 is 2.80 bits per heavy atom. The average molecular weight is 213 g/mol. The van der Waals surface area contributed by atoms with Crippen LogP contribution in [-0.4, -0.2) is 38.9 Å². The Bertz CT molecular complexity index is 230. The monoisotopic (exact) mass is 213 g/mol. The molecule has 4 heteroatoms. The zero-order chi connectivity index (χ0) is 10.7. The Hall–Kier alpha value is -0.610. The first-order valence-corrected chi connectivity index (χ1v) is 5.65. The predicted octanol–water partition coefficient (Wildman–Crippen LogP) is 0.708. The summed E-state index contributed by atoms with van der Waals surface area (Å²) in [5, 5.41) is 3.23. The van der Waals surface area contributed by atoms with Crippen LogP contribution in [0.15, 0.2) is 0 Å². The third kappa shape index (κ3) is 2.32. The van der Waals surface area contributed by atoms with Crippen LogP contribution >= 0.6 is 0 Å². The van der Waals surface area contributed by atoms with Gasteiger partial charge in [-0.25, -0.2) is 0 Å². The molecule has 2 heterocycles. The maximum atomic E-state index is 11.5. The van der Waals surface area contributed by atoms with E-state index in [1.807, 2.05) is 0 Å². The minimum atomic E-state index is -0.124.